The molecule has 1 saturated carbocycles. The van der Waals surface area contributed by atoms with Gasteiger partial charge in [0.1, 0.15) is 5.82 Å². The van der Waals surface area contributed by atoms with E-state index in [1.54, 1.807) is 6.07 Å². The Labute approximate surface area is 134 Å². The van der Waals surface area contributed by atoms with Crippen LogP contribution in [0.1, 0.15) is 44.9 Å². The molecule has 122 valence electrons. The predicted octanol–water partition coefficient (Wildman–Crippen LogP) is 4.58. The van der Waals surface area contributed by atoms with Crippen LogP contribution in [-0.4, -0.2) is 22.6 Å². The molecule has 1 aliphatic carbocycles. The average molecular weight is 317 g/mol. The number of rotatable bonds is 2. The largest absolute Gasteiger partial charge is 0.352 e. The Balaban J connectivity index is 1.84. The molecule has 0 amide bonds. The third-order valence-corrected chi connectivity index (χ3v) is 5.47. The number of hydrogen-bond acceptors (Lipinski definition) is 3. The molecule has 2 aliphatic rings. The highest BCUT2D eigenvalue weighted by molar-refractivity contribution is 5.89. The standard InChI is InChI=1S/C18H21F2N3/c1-11-10-23(15-9-5-3-6-12(11)15)18-13-7-2-4-8-14(13)21-17(22-18)16(19)20/h2,4,7-8,11-12,15-16H,3,5-6,9-10H2,1H3. The van der Waals surface area contributed by atoms with Crippen LogP contribution >= 0.6 is 0 Å². The van der Waals surface area contributed by atoms with Gasteiger partial charge in [0.05, 0.1) is 5.52 Å². The number of hydrogen-bond donors (Lipinski definition) is 0. The number of aromatic nitrogens is 2. The molecular weight excluding hydrogens is 296 g/mol. The summed E-state index contributed by atoms with van der Waals surface area (Å²) in [5.41, 5.74) is 0.611. The number of alkyl halides is 2. The molecule has 3 nitrogen and oxygen atoms in total. The normalized spacial score (nSPS) is 27.7. The first-order valence-electron chi connectivity index (χ1n) is 8.46. The molecule has 1 aromatic carbocycles. The minimum absolute atomic E-state index is 0.356. The molecule has 0 radical (unpaired) electrons. The van der Waals surface area contributed by atoms with Crippen LogP contribution in [0.3, 0.4) is 0 Å². The summed E-state index contributed by atoms with van der Waals surface area (Å²) in [6.45, 7) is 3.18. The number of fused-ring (bicyclic) bond motifs is 2. The van der Waals surface area contributed by atoms with Crippen LogP contribution in [0.2, 0.25) is 0 Å². The molecule has 5 heteroatoms. The highest BCUT2D eigenvalue weighted by Gasteiger charge is 2.41. The number of halogens is 2. The second kappa shape index (κ2) is 5.69. The second-order valence-corrected chi connectivity index (χ2v) is 6.87. The smallest absolute Gasteiger partial charge is 0.297 e. The van der Waals surface area contributed by atoms with Gasteiger partial charge in [0.25, 0.3) is 6.43 Å². The zero-order valence-corrected chi connectivity index (χ0v) is 13.3. The van der Waals surface area contributed by atoms with Crippen molar-refractivity contribution in [1.82, 2.24) is 9.97 Å². The van der Waals surface area contributed by atoms with E-state index in [0.717, 1.165) is 18.4 Å². The maximum Gasteiger partial charge on any atom is 0.297 e. The summed E-state index contributed by atoms with van der Waals surface area (Å²) in [5, 5.41) is 0.885. The molecule has 0 N–H and O–H groups in total. The Morgan fingerprint density at radius 1 is 1.13 bits per heavy atom. The molecule has 4 rings (SSSR count). The van der Waals surface area contributed by atoms with Crippen LogP contribution in [0.5, 0.6) is 0 Å². The fourth-order valence-corrected chi connectivity index (χ4v) is 4.41. The fourth-order valence-electron chi connectivity index (χ4n) is 4.41. The van der Waals surface area contributed by atoms with E-state index in [9.17, 15) is 8.78 Å². The van der Waals surface area contributed by atoms with Gasteiger partial charge in [-0.1, -0.05) is 31.9 Å². The minimum atomic E-state index is -2.64. The fraction of sp³-hybridized carbons (Fsp3) is 0.556. The topological polar surface area (TPSA) is 29.0 Å². The van der Waals surface area contributed by atoms with Gasteiger partial charge in [-0.2, -0.15) is 0 Å². The molecule has 2 aromatic rings. The molecular formula is C18H21F2N3. The highest BCUT2D eigenvalue weighted by Crippen LogP contribution is 2.43. The molecule has 23 heavy (non-hydrogen) atoms. The van der Waals surface area contributed by atoms with Crippen molar-refractivity contribution in [2.24, 2.45) is 11.8 Å². The van der Waals surface area contributed by atoms with Crippen LogP contribution in [0.15, 0.2) is 24.3 Å². The molecule has 1 aliphatic heterocycles. The van der Waals surface area contributed by atoms with Gasteiger partial charge in [-0.3, -0.25) is 0 Å². The summed E-state index contributed by atoms with van der Waals surface area (Å²) in [6.07, 6.45) is 2.24. The molecule has 1 aromatic heterocycles. The minimum Gasteiger partial charge on any atom is -0.352 e. The van der Waals surface area contributed by atoms with Crippen LogP contribution in [0.4, 0.5) is 14.6 Å². The van der Waals surface area contributed by atoms with E-state index in [1.807, 2.05) is 18.2 Å². The van der Waals surface area contributed by atoms with Gasteiger partial charge in [0.2, 0.25) is 0 Å². The van der Waals surface area contributed by atoms with Crippen LogP contribution in [0.25, 0.3) is 10.9 Å². The third-order valence-electron chi connectivity index (χ3n) is 5.47. The first kappa shape index (κ1) is 14.8. The molecule has 0 bridgehead atoms. The molecule has 2 fully saturated rings. The predicted molar refractivity (Wildman–Crippen MR) is 86.8 cm³/mol. The SMILES string of the molecule is CC1CN(c2nc(C(F)F)nc3ccccc23)C2CCCCC12. The van der Waals surface area contributed by atoms with E-state index in [-0.39, 0.29) is 5.82 Å². The van der Waals surface area contributed by atoms with Gasteiger partial charge in [0, 0.05) is 18.0 Å². The van der Waals surface area contributed by atoms with Gasteiger partial charge < -0.3 is 4.90 Å². The second-order valence-electron chi connectivity index (χ2n) is 6.87. The molecule has 1 saturated heterocycles. The summed E-state index contributed by atoms with van der Waals surface area (Å²) in [6, 6.07) is 7.94. The maximum atomic E-state index is 13.2. The van der Waals surface area contributed by atoms with Crippen molar-refractivity contribution in [2.75, 3.05) is 11.4 Å². The van der Waals surface area contributed by atoms with Gasteiger partial charge in [-0.15, -0.1) is 0 Å². The van der Waals surface area contributed by atoms with E-state index in [0.29, 0.717) is 29.2 Å². The number of benzene rings is 1. The summed E-state index contributed by atoms with van der Waals surface area (Å²) in [5.74, 6) is 1.59. The van der Waals surface area contributed by atoms with Crippen molar-refractivity contribution in [3.63, 3.8) is 0 Å². The Kier molecular flexibility index (Phi) is 3.66. The van der Waals surface area contributed by atoms with E-state index in [4.69, 9.17) is 0 Å². The van der Waals surface area contributed by atoms with Gasteiger partial charge >= 0.3 is 0 Å². The summed E-state index contributed by atoms with van der Waals surface area (Å²) >= 11 is 0. The lowest BCUT2D eigenvalue weighted by Crippen LogP contribution is -2.35. The zero-order valence-electron chi connectivity index (χ0n) is 13.3. The molecule has 0 spiro atoms. The van der Waals surface area contributed by atoms with Gasteiger partial charge in [-0.05, 0) is 36.8 Å². The first-order chi connectivity index (χ1) is 11.1. The first-order valence-corrected chi connectivity index (χ1v) is 8.46. The van der Waals surface area contributed by atoms with Crippen molar-refractivity contribution < 1.29 is 8.78 Å². The lowest BCUT2D eigenvalue weighted by molar-refractivity contribution is 0.141. The molecule has 2 heterocycles. The van der Waals surface area contributed by atoms with Crippen LogP contribution in [-0.2, 0) is 0 Å². The Morgan fingerprint density at radius 2 is 1.91 bits per heavy atom. The van der Waals surface area contributed by atoms with E-state index >= 15 is 0 Å². The third kappa shape index (κ3) is 2.46. The van der Waals surface area contributed by atoms with Crippen molar-refractivity contribution in [3.8, 4) is 0 Å². The highest BCUT2D eigenvalue weighted by atomic mass is 19.3. The quantitative estimate of drug-likeness (QED) is 0.811. The summed E-state index contributed by atoms with van der Waals surface area (Å²) in [4.78, 5) is 10.6. The van der Waals surface area contributed by atoms with Crippen molar-refractivity contribution in [1.29, 1.82) is 0 Å². The average Bonchev–Trinajstić information content (AvgIpc) is 2.91. The van der Waals surface area contributed by atoms with Gasteiger partial charge in [-0.25, -0.2) is 18.7 Å². The molecule has 3 unspecified atom stereocenters. The van der Waals surface area contributed by atoms with Gasteiger partial charge in [0.15, 0.2) is 5.82 Å². The van der Waals surface area contributed by atoms with Crippen molar-refractivity contribution >= 4 is 16.7 Å². The van der Waals surface area contributed by atoms with Crippen LogP contribution in [0, 0.1) is 11.8 Å². The van der Waals surface area contributed by atoms with E-state index in [1.165, 1.54) is 19.3 Å². The Morgan fingerprint density at radius 3 is 2.74 bits per heavy atom. The Bertz CT molecular complexity index is 718. The lowest BCUT2D eigenvalue weighted by atomic mass is 9.80. The number of nitrogens with zero attached hydrogens (tertiary/aromatic N) is 3. The van der Waals surface area contributed by atoms with E-state index in [2.05, 4.69) is 21.8 Å². The van der Waals surface area contributed by atoms with E-state index < -0.39 is 6.43 Å². The lowest BCUT2D eigenvalue weighted by Gasteiger charge is -2.33. The monoisotopic (exact) mass is 317 g/mol. The summed E-state index contributed by atoms with van der Waals surface area (Å²) in [7, 11) is 0. The number of anilines is 1. The van der Waals surface area contributed by atoms with Crippen LogP contribution < -0.4 is 4.90 Å². The zero-order chi connectivity index (χ0) is 16.0. The molecule has 3 atom stereocenters. The Hall–Kier alpha value is -1.78. The maximum absolute atomic E-state index is 13.2. The number of para-hydroxylation sites is 1. The summed E-state index contributed by atoms with van der Waals surface area (Å²) < 4.78 is 26.5. The van der Waals surface area contributed by atoms with Crippen molar-refractivity contribution in [2.45, 2.75) is 45.1 Å². The van der Waals surface area contributed by atoms with Crippen molar-refractivity contribution in [3.05, 3.63) is 30.1 Å².